The number of hydrogen-bond acceptors (Lipinski definition) is 4. The summed E-state index contributed by atoms with van der Waals surface area (Å²) in [5.41, 5.74) is 0. The van der Waals surface area contributed by atoms with Crippen LogP contribution in [-0.4, -0.2) is 30.1 Å². The van der Waals surface area contributed by atoms with Gasteiger partial charge in [0.15, 0.2) is 0 Å². The molecule has 6 nitrogen and oxygen atoms in total. The van der Waals surface area contributed by atoms with E-state index in [1.807, 2.05) is 6.92 Å². The third-order valence-corrected chi connectivity index (χ3v) is 2.04. The standard InChI is InChI=1S/C11H16N2O4/c1-2-5-12-7-10(14)13-6-8-3-4-9(17-8)11(15)16/h3-4,12H,2,5-7H2,1H3,(H,13,14)(H,15,16). The summed E-state index contributed by atoms with van der Waals surface area (Å²) in [6.45, 7) is 3.25. The second kappa shape index (κ2) is 6.70. The summed E-state index contributed by atoms with van der Waals surface area (Å²) in [4.78, 5) is 21.8. The Hall–Kier alpha value is -1.82. The Labute approximate surface area is 99.0 Å². The van der Waals surface area contributed by atoms with Crippen LogP contribution in [0.3, 0.4) is 0 Å². The zero-order valence-electron chi connectivity index (χ0n) is 9.66. The minimum Gasteiger partial charge on any atom is -0.475 e. The minimum absolute atomic E-state index is 0.127. The van der Waals surface area contributed by atoms with Gasteiger partial charge in [0.05, 0.1) is 13.1 Å². The molecule has 0 radical (unpaired) electrons. The number of carbonyl (C=O) groups excluding carboxylic acids is 1. The number of furan rings is 1. The molecule has 1 amide bonds. The maximum Gasteiger partial charge on any atom is 0.371 e. The van der Waals surface area contributed by atoms with Crippen LogP contribution in [0.1, 0.15) is 29.7 Å². The van der Waals surface area contributed by atoms with Gasteiger partial charge in [-0.15, -0.1) is 0 Å². The van der Waals surface area contributed by atoms with Gasteiger partial charge in [-0.3, -0.25) is 4.79 Å². The summed E-state index contributed by atoms with van der Waals surface area (Å²) in [6.07, 6.45) is 0.966. The van der Waals surface area contributed by atoms with Crippen LogP contribution in [0.25, 0.3) is 0 Å². The quantitative estimate of drug-likeness (QED) is 0.607. The number of nitrogens with one attached hydrogen (secondary N) is 2. The van der Waals surface area contributed by atoms with Crippen LogP contribution in [0.5, 0.6) is 0 Å². The van der Waals surface area contributed by atoms with E-state index in [-0.39, 0.29) is 24.8 Å². The molecule has 1 aromatic heterocycles. The zero-order chi connectivity index (χ0) is 12.7. The van der Waals surface area contributed by atoms with Gasteiger partial charge in [-0.25, -0.2) is 4.79 Å². The van der Waals surface area contributed by atoms with Crippen LogP contribution in [-0.2, 0) is 11.3 Å². The van der Waals surface area contributed by atoms with Gasteiger partial charge in [0, 0.05) is 0 Å². The number of aromatic carboxylic acids is 1. The van der Waals surface area contributed by atoms with E-state index in [1.54, 1.807) is 0 Å². The zero-order valence-corrected chi connectivity index (χ0v) is 9.66. The highest BCUT2D eigenvalue weighted by Gasteiger charge is 2.09. The van der Waals surface area contributed by atoms with Crippen LogP contribution >= 0.6 is 0 Å². The van der Waals surface area contributed by atoms with Gasteiger partial charge in [-0.05, 0) is 25.1 Å². The van der Waals surface area contributed by atoms with Crippen molar-refractivity contribution in [1.82, 2.24) is 10.6 Å². The van der Waals surface area contributed by atoms with Gasteiger partial charge in [0.2, 0.25) is 11.7 Å². The van der Waals surface area contributed by atoms with E-state index in [1.165, 1.54) is 12.1 Å². The average molecular weight is 240 g/mol. The molecule has 17 heavy (non-hydrogen) atoms. The second-order valence-corrected chi connectivity index (χ2v) is 3.52. The van der Waals surface area contributed by atoms with Gasteiger partial charge >= 0.3 is 5.97 Å². The smallest absolute Gasteiger partial charge is 0.371 e. The SMILES string of the molecule is CCCNCC(=O)NCc1ccc(C(=O)O)o1. The molecule has 0 spiro atoms. The summed E-state index contributed by atoms with van der Waals surface area (Å²) in [5, 5.41) is 14.2. The highest BCUT2D eigenvalue weighted by atomic mass is 16.4. The monoisotopic (exact) mass is 240 g/mol. The lowest BCUT2D eigenvalue weighted by molar-refractivity contribution is -0.120. The summed E-state index contributed by atoms with van der Waals surface area (Å²) < 4.78 is 4.99. The van der Waals surface area contributed by atoms with E-state index in [0.29, 0.717) is 5.76 Å². The Morgan fingerprint density at radius 3 is 2.76 bits per heavy atom. The van der Waals surface area contributed by atoms with Crippen LogP contribution in [0.15, 0.2) is 16.5 Å². The molecule has 6 heteroatoms. The molecule has 0 saturated heterocycles. The summed E-state index contributed by atoms with van der Waals surface area (Å²) in [6, 6.07) is 2.89. The first-order valence-corrected chi connectivity index (χ1v) is 5.43. The van der Waals surface area contributed by atoms with E-state index >= 15 is 0 Å². The molecule has 3 N–H and O–H groups in total. The van der Waals surface area contributed by atoms with Crippen LogP contribution in [0.4, 0.5) is 0 Å². The fraction of sp³-hybridized carbons (Fsp3) is 0.455. The molecule has 0 aliphatic carbocycles. The molecular weight excluding hydrogens is 224 g/mol. The van der Waals surface area contributed by atoms with Crippen molar-refractivity contribution >= 4 is 11.9 Å². The first-order chi connectivity index (χ1) is 8.13. The molecule has 0 fully saturated rings. The van der Waals surface area contributed by atoms with Crippen molar-refractivity contribution in [2.24, 2.45) is 0 Å². The van der Waals surface area contributed by atoms with Crippen molar-refractivity contribution in [1.29, 1.82) is 0 Å². The molecule has 1 heterocycles. The maximum absolute atomic E-state index is 11.3. The molecule has 0 aromatic carbocycles. The third-order valence-electron chi connectivity index (χ3n) is 2.04. The fourth-order valence-electron chi connectivity index (χ4n) is 1.21. The van der Waals surface area contributed by atoms with E-state index in [4.69, 9.17) is 9.52 Å². The largest absolute Gasteiger partial charge is 0.475 e. The lowest BCUT2D eigenvalue weighted by atomic mass is 10.4. The normalized spacial score (nSPS) is 10.2. The fourth-order valence-corrected chi connectivity index (χ4v) is 1.21. The molecule has 0 saturated carbocycles. The molecule has 1 aromatic rings. The Kier molecular flexibility index (Phi) is 5.22. The van der Waals surface area contributed by atoms with Gasteiger partial charge in [0.1, 0.15) is 5.76 Å². The highest BCUT2D eigenvalue weighted by Crippen LogP contribution is 2.07. The summed E-state index contributed by atoms with van der Waals surface area (Å²) >= 11 is 0. The number of carbonyl (C=O) groups is 2. The molecule has 0 atom stereocenters. The molecule has 0 aliphatic rings. The number of hydrogen-bond donors (Lipinski definition) is 3. The minimum atomic E-state index is -1.12. The first-order valence-electron chi connectivity index (χ1n) is 5.43. The molecule has 94 valence electrons. The second-order valence-electron chi connectivity index (χ2n) is 3.52. The Morgan fingerprint density at radius 1 is 1.41 bits per heavy atom. The first kappa shape index (κ1) is 13.2. The predicted octanol–water partition coefficient (Wildman–Crippen LogP) is 0.594. The number of amides is 1. The topological polar surface area (TPSA) is 91.6 Å². The number of carboxylic acid groups (broad SMARTS) is 1. The maximum atomic E-state index is 11.3. The van der Waals surface area contributed by atoms with E-state index in [0.717, 1.165) is 13.0 Å². The summed E-state index contributed by atoms with van der Waals surface area (Å²) in [5.74, 6) is -0.969. The molecular formula is C11H16N2O4. The lowest BCUT2D eigenvalue weighted by Crippen LogP contribution is -2.33. The van der Waals surface area contributed by atoms with Gasteiger partial charge in [0.25, 0.3) is 0 Å². The Morgan fingerprint density at radius 2 is 2.18 bits per heavy atom. The lowest BCUT2D eigenvalue weighted by Gasteiger charge is -2.03. The van der Waals surface area contributed by atoms with Crippen molar-refractivity contribution in [3.05, 3.63) is 23.7 Å². The summed E-state index contributed by atoms with van der Waals surface area (Å²) in [7, 11) is 0. The Bertz CT molecular complexity index is 387. The molecule has 1 rings (SSSR count). The highest BCUT2D eigenvalue weighted by molar-refractivity contribution is 5.84. The van der Waals surface area contributed by atoms with Crippen molar-refractivity contribution in [3.63, 3.8) is 0 Å². The average Bonchev–Trinajstić information content (AvgIpc) is 2.75. The van der Waals surface area contributed by atoms with E-state index in [2.05, 4.69) is 10.6 Å². The van der Waals surface area contributed by atoms with Crippen molar-refractivity contribution in [2.45, 2.75) is 19.9 Å². The molecule has 0 bridgehead atoms. The van der Waals surface area contributed by atoms with Crippen molar-refractivity contribution in [3.8, 4) is 0 Å². The van der Waals surface area contributed by atoms with Gasteiger partial charge in [-0.1, -0.05) is 6.92 Å². The number of rotatable bonds is 7. The van der Waals surface area contributed by atoms with E-state index in [9.17, 15) is 9.59 Å². The molecule has 0 unspecified atom stereocenters. The van der Waals surface area contributed by atoms with Crippen LogP contribution in [0.2, 0.25) is 0 Å². The van der Waals surface area contributed by atoms with Crippen molar-refractivity contribution < 1.29 is 19.1 Å². The van der Waals surface area contributed by atoms with E-state index < -0.39 is 5.97 Å². The van der Waals surface area contributed by atoms with Crippen molar-refractivity contribution in [2.75, 3.05) is 13.1 Å². The Balaban J connectivity index is 2.29. The third kappa shape index (κ3) is 4.69. The predicted molar refractivity (Wildman–Crippen MR) is 60.7 cm³/mol. The van der Waals surface area contributed by atoms with Crippen LogP contribution in [0, 0.1) is 0 Å². The number of carboxylic acids is 1. The van der Waals surface area contributed by atoms with Crippen LogP contribution < -0.4 is 10.6 Å². The molecule has 0 aliphatic heterocycles. The van der Waals surface area contributed by atoms with Gasteiger partial charge < -0.3 is 20.2 Å². The van der Waals surface area contributed by atoms with Gasteiger partial charge in [-0.2, -0.15) is 0 Å².